The monoisotopic (exact) mass is 678 g/mol. The molecule has 0 atom stereocenters. The van der Waals surface area contributed by atoms with E-state index in [1.807, 2.05) is 107 Å². The molecule has 6 bridgehead atoms. The van der Waals surface area contributed by atoms with Crippen LogP contribution in [0.2, 0.25) is 0 Å². The van der Waals surface area contributed by atoms with Crippen molar-refractivity contribution >= 4 is 23.2 Å². The van der Waals surface area contributed by atoms with Crippen LogP contribution in [0.5, 0.6) is 0 Å². The smallest absolute Gasteiger partial charge is 0.258 e. The summed E-state index contributed by atoms with van der Waals surface area (Å²) in [5.74, 6) is 13.6. The molecule has 0 aromatic heterocycles. The number of carbonyl (C=O) groups is 2. The van der Waals surface area contributed by atoms with E-state index in [1.54, 1.807) is 0 Å². The first-order valence-corrected chi connectivity index (χ1v) is 18.8. The summed E-state index contributed by atoms with van der Waals surface area (Å²) in [5, 5.41) is 0. The molecular formula is C48H42N2O2. The summed E-state index contributed by atoms with van der Waals surface area (Å²) in [4.78, 5) is 32.7. The molecule has 0 radical (unpaired) electrons. The molecule has 5 aromatic rings. The molecule has 52 heavy (non-hydrogen) atoms. The van der Waals surface area contributed by atoms with Gasteiger partial charge in [0.05, 0.1) is 0 Å². The lowest BCUT2D eigenvalue weighted by atomic mass is 9.92. The second-order valence-electron chi connectivity index (χ2n) is 14.2. The van der Waals surface area contributed by atoms with Gasteiger partial charge in [-0.15, -0.1) is 0 Å². The Bertz CT molecular complexity index is 2040. The summed E-state index contributed by atoms with van der Waals surface area (Å²) in [6.45, 7) is 0. The van der Waals surface area contributed by atoms with E-state index < -0.39 is 0 Å². The van der Waals surface area contributed by atoms with Crippen LogP contribution in [0.1, 0.15) is 107 Å². The summed E-state index contributed by atoms with van der Waals surface area (Å²) >= 11 is 0. The van der Waals surface area contributed by atoms with Gasteiger partial charge in [0.1, 0.15) is 0 Å². The fraction of sp³-hybridized carbons (Fsp3) is 0.250. The zero-order valence-electron chi connectivity index (χ0n) is 29.5. The van der Waals surface area contributed by atoms with Gasteiger partial charge in [0.2, 0.25) is 0 Å². The molecule has 2 saturated carbocycles. The fourth-order valence-corrected chi connectivity index (χ4v) is 8.04. The number of anilines is 2. The van der Waals surface area contributed by atoms with Crippen molar-refractivity contribution in [3.8, 4) is 34.8 Å². The fourth-order valence-electron chi connectivity index (χ4n) is 8.04. The van der Waals surface area contributed by atoms with Crippen LogP contribution in [0.15, 0.2) is 121 Å². The zero-order chi connectivity index (χ0) is 35.3. The first-order chi connectivity index (χ1) is 25.6. The lowest BCUT2D eigenvalue weighted by Crippen LogP contribution is -2.42. The lowest BCUT2D eigenvalue weighted by Gasteiger charge is -2.35. The molecule has 2 aliphatic carbocycles. The molecule has 2 fully saturated rings. The Labute approximate surface area is 307 Å². The highest BCUT2D eigenvalue weighted by atomic mass is 16.2. The number of carbonyl (C=O) groups excluding carboxylic acids is 2. The Morgan fingerprint density at radius 1 is 0.404 bits per heavy atom. The molecule has 7 aliphatic rings. The van der Waals surface area contributed by atoms with Crippen LogP contribution >= 0.6 is 0 Å². The largest absolute Gasteiger partial charge is 0.305 e. The van der Waals surface area contributed by atoms with Gasteiger partial charge >= 0.3 is 0 Å². The number of benzene rings is 5. The highest BCUT2D eigenvalue weighted by Gasteiger charge is 2.30. The highest BCUT2D eigenvalue weighted by Crippen LogP contribution is 2.32. The average molecular weight is 679 g/mol. The zero-order valence-corrected chi connectivity index (χ0v) is 29.5. The standard InChI is InChI=1S/C48H42N2O2/c51-47-39-27-29-40(30-28-39)48(52)50(42-15-5-2-6-16-42)44-33-23-36(24-34-44)20-26-38-12-8-10-18-46(38)45-17-9-7-11-37(45)25-19-35-21-31-43(32-22-35)49(47)41-13-3-1-4-14-41/h7-12,17-18,21-24,27-34,41-42H,1-6,13-16H2. The van der Waals surface area contributed by atoms with Crippen molar-refractivity contribution in [2.75, 3.05) is 9.80 Å². The summed E-state index contributed by atoms with van der Waals surface area (Å²) < 4.78 is 0. The van der Waals surface area contributed by atoms with Crippen molar-refractivity contribution in [3.05, 3.63) is 155 Å². The van der Waals surface area contributed by atoms with Crippen LogP contribution < -0.4 is 9.80 Å². The first kappa shape index (κ1) is 33.3. The van der Waals surface area contributed by atoms with Crippen molar-refractivity contribution in [1.29, 1.82) is 0 Å². The van der Waals surface area contributed by atoms with E-state index in [2.05, 4.69) is 47.9 Å². The summed E-state index contributed by atoms with van der Waals surface area (Å²) in [6.07, 6.45) is 10.7. The second-order valence-corrected chi connectivity index (χ2v) is 14.2. The predicted octanol–water partition coefficient (Wildman–Crippen LogP) is 10.4. The highest BCUT2D eigenvalue weighted by molar-refractivity contribution is 6.09. The van der Waals surface area contributed by atoms with Gasteiger partial charge in [-0.2, -0.15) is 0 Å². The van der Waals surface area contributed by atoms with Crippen molar-refractivity contribution in [2.24, 2.45) is 0 Å². The third-order valence-corrected chi connectivity index (χ3v) is 10.8. The number of amides is 2. The van der Waals surface area contributed by atoms with Crippen LogP contribution in [0.25, 0.3) is 11.1 Å². The Balaban J connectivity index is 1.25. The van der Waals surface area contributed by atoms with Crippen molar-refractivity contribution in [3.63, 3.8) is 0 Å². The van der Waals surface area contributed by atoms with Gasteiger partial charge in [0.25, 0.3) is 11.8 Å². The van der Waals surface area contributed by atoms with Crippen LogP contribution in [0.3, 0.4) is 0 Å². The van der Waals surface area contributed by atoms with Gasteiger partial charge in [0.15, 0.2) is 0 Å². The van der Waals surface area contributed by atoms with E-state index in [9.17, 15) is 9.59 Å². The van der Waals surface area contributed by atoms with E-state index in [1.165, 1.54) is 12.8 Å². The lowest BCUT2D eigenvalue weighted by molar-refractivity contribution is 0.0959. The maximum absolute atomic E-state index is 14.4. The molecule has 5 aromatic carbocycles. The Kier molecular flexibility index (Phi) is 9.73. The number of hydrogen-bond donors (Lipinski definition) is 0. The molecule has 0 unspecified atom stereocenters. The maximum Gasteiger partial charge on any atom is 0.258 e. The molecular weight excluding hydrogens is 637 g/mol. The SMILES string of the molecule is O=C1c2ccc(cc2)C(=O)N(C2CCCCC2)c2ccc(cc2)C#Cc2ccccc2-c2ccccc2C#Cc2ccc(cc2)N1C1CCCCC1. The third kappa shape index (κ3) is 7.03. The Hall–Kier alpha value is -5.84. The molecule has 5 aliphatic heterocycles. The van der Waals surface area contributed by atoms with Crippen LogP contribution in [-0.4, -0.2) is 23.9 Å². The quantitative estimate of drug-likeness (QED) is 0.174. The van der Waals surface area contributed by atoms with Crippen molar-refractivity contribution < 1.29 is 9.59 Å². The molecule has 4 nitrogen and oxygen atoms in total. The minimum absolute atomic E-state index is 0.0346. The maximum atomic E-state index is 14.4. The van der Waals surface area contributed by atoms with Crippen LogP contribution in [-0.2, 0) is 0 Å². The van der Waals surface area contributed by atoms with E-state index in [0.717, 1.165) is 96.1 Å². The van der Waals surface area contributed by atoms with E-state index in [0.29, 0.717) is 11.1 Å². The van der Waals surface area contributed by atoms with E-state index in [-0.39, 0.29) is 23.9 Å². The van der Waals surface area contributed by atoms with Crippen molar-refractivity contribution in [2.45, 2.75) is 76.3 Å². The number of rotatable bonds is 2. The second kappa shape index (κ2) is 15.2. The molecule has 256 valence electrons. The third-order valence-electron chi connectivity index (χ3n) is 10.8. The summed E-state index contributed by atoms with van der Waals surface area (Å²) in [6, 6.07) is 40.1. The summed E-state index contributed by atoms with van der Waals surface area (Å²) in [7, 11) is 0. The van der Waals surface area contributed by atoms with Gasteiger partial charge in [0, 0.05) is 56.8 Å². The van der Waals surface area contributed by atoms with Gasteiger partial charge in [-0.1, -0.05) is 98.6 Å². The summed E-state index contributed by atoms with van der Waals surface area (Å²) in [5.41, 5.74) is 8.59. The normalized spacial score (nSPS) is 16.7. The average Bonchev–Trinajstić information content (AvgIpc) is 3.21. The topological polar surface area (TPSA) is 40.6 Å². The Morgan fingerprint density at radius 3 is 1.15 bits per heavy atom. The molecule has 2 amide bonds. The molecule has 4 heteroatoms. The first-order valence-electron chi connectivity index (χ1n) is 18.8. The molecule has 0 N–H and O–H groups in total. The molecule has 12 rings (SSSR count). The minimum atomic E-state index is -0.0346. The number of hydrogen-bond acceptors (Lipinski definition) is 2. The van der Waals surface area contributed by atoms with Gasteiger partial charge in [-0.25, -0.2) is 0 Å². The van der Waals surface area contributed by atoms with Gasteiger partial charge in [-0.3, -0.25) is 9.59 Å². The molecule has 0 saturated heterocycles. The Morgan fingerprint density at radius 2 is 0.769 bits per heavy atom. The predicted molar refractivity (Wildman–Crippen MR) is 211 cm³/mol. The van der Waals surface area contributed by atoms with E-state index in [4.69, 9.17) is 0 Å². The van der Waals surface area contributed by atoms with Gasteiger partial charge in [-0.05, 0) is 122 Å². The minimum Gasteiger partial charge on any atom is -0.305 e. The van der Waals surface area contributed by atoms with Gasteiger partial charge < -0.3 is 9.80 Å². The molecule has 0 spiro atoms. The molecule has 5 heterocycles. The van der Waals surface area contributed by atoms with Crippen LogP contribution in [0.4, 0.5) is 11.4 Å². The van der Waals surface area contributed by atoms with Crippen LogP contribution in [0, 0.1) is 23.7 Å². The van der Waals surface area contributed by atoms with E-state index >= 15 is 0 Å². The van der Waals surface area contributed by atoms with Crippen molar-refractivity contribution in [1.82, 2.24) is 0 Å². The number of fused-ring (bicyclic) bond motifs is 1. The number of nitrogens with zero attached hydrogens (tertiary/aromatic N) is 2.